The summed E-state index contributed by atoms with van der Waals surface area (Å²) in [5, 5.41) is 3.99. The number of ether oxygens (including phenoxy) is 3. The number of methoxy groups -OCH3 is 1. The number of hydrogen-bond acceptors (Lipinski definition) is 6. The summed E-state index contributed by atoms with van der Waals surface area (Å²) in [6.07, 6.45) is 6.73. The number of nitrogens with zero attached hydrogens (tertiary/aromatic N) is 2. The van der Waals surface area contributed by atoms with Crippen molar-refractivity contribution in [3.8, 4) is 23.8 Å². The van der Waals surface area contributed by atoms with Crippen LogP contribution in [0.1, 0.15) is 5.56 Å². The topological polar surface area (TPSA) is 72.4 Å². The molecule has 1 aliphatic heterocycles. The molecule has 0 spiro atoms. The van der Waals surface area contributed by atoms with Gasteiger partial charge in [-0.1, -0.05) is 5.92 Å². The molecule has 0 saturated carbocycles. The molecule has 1 saturated heterocycles. The van der Waals surface area contributed by atoms with E-state index < -0.39 is 0 Å². The lowest BCUT2D eigenvalue weighted by Crippen LogP contribution is -2.42. The van der Waals surface area contributed by atoms with Crippen LogP contribution in [-0.2, 0) is 9.53 Å². The molecule has 1 amide bonds. The lowest BCUT2D eigenvalue weighted by molar-refractivity contribution is -0.123. The van der Waals surface area contributed by atoms with E-state index in [0.717, 1.165) is 23.1 Å². The van der Waals surface area contributed by atoms with Gasteiger partial charge in [0.15, 0.2) is 11.5 Å². The third-order valence-electron chi connectivity index (χ3n) is 3.46. The highest BCUT2D eigenvalue weighted by atomic mass is 79.9. The number of halogens is 1. The first-order valence-electron chi connectivity index (χ1n) is 7.70. The van der Waals surface area contributed by atoms with Crippen molar-refractivity contribution in [2.24, 2.45) is 5.10 Å². The summed E-state index contributed by atoms with van der Waals surface area (Å²) in [5.74, 6) is 3.29. The molecule has 25 heavy (non-hydrogen) atoms. The SMILES string of the molecule is C#CCOc1cc(Br)c(/C=N/NC(=O)CN2CCOCC2)cc1OC. The monoisotopic (exact) mass is 409 g/mol. The Morgan fingerprint density at radius 2 is 2.24 bits per heavy atom. The molecular formula is C17H20BrN3O4. The van der Waals surface area contributed by atoms with E-state index in [1.165, 1.54) is 13.3 Å². The number of terminal acetylenes is 1. The van der Waals surface area contributed by atoms with Gasteiger partial charge in [-0.05, 0) is 28.1 Å². The third kappa shape index (κ3) is 6.05. The average Bonchev–Trinajstić information content (AvgIpc) is 2.62. The molecule has 0 aromatic heterocycles. The number of carbonyl (C=O) groups is 1. The molecule has 2 rings (SSSR count). The Bertz CT molecular complexity index is 667. The number of amides is 1. The van der Waals surface area contributed by atoms with Gasteiger partial charge in [0.25, 0.3) is 5.91 Å². The summed E-state index contributed by atoms with van der Waals surface area (Å²) in [4.78, 5) is 13.9. The summed E-state index contributed by atoms with van der Waals surface area (Å²) in [5.41, 5.74) is 3.25. The van der Waals surface area contributed by atoms with Crippen LogP contribution in [-0.4, -0.2) is 63.6 Å². The van der Waals surface area contributed by atoms with Gasteiger partial charge in [-0.3, -0.25) is 9.69 Å². The number of morpholine rings is 1. The van der Waals surface area contributed by atoms with Crippen molar-refractivity contribution in [1.29, 1.82) is 0 Å². The van der Waals surface area contributed by atoms with Crippen LogP contribution >= 0.6 is 15.9 Å². The first-order valence-corrected chi connectivity index (χ1v) is 8.49. The van der Waals surface area contributed by atoms with Crippen LogP contribution in [0.25, 0.3) is 0 Å². The predicted octanol–water partition coefficient (Wildman–Crippen LogP) is 1.25. The molecule has 1 N–H and O–H groups in total. The Morgan fingerprint density at radius 3 is 2.92 bits per heavy atom. The number of hydrogen-bond donors (Lipinski definition) is 1. The molecular weight excluding hydrogens is 390 g/mol. The third-order valence-corrected chi connectivity index (χ3v) is 4.14. The molecule has 1 fully saturated rings. The van der Waals surface area contributed by atoms with E-state index in [9.17, 15) is 4.79 Å². The van der Waals surface area contributed by atoms with Crippen molar-refractivity contribution in [2.45, 2.75) is 0 Å². The van der Waals surface area contributed by atoms with Crippen molar-refractivity contribution < 1.29 is 19.0 Å². The maximum atomic E-state index is 11.9. The molecule has 1 heterocycles. The van der Waals surface area contributed by atoms with E-state index in [2.05, 4.69) is 32.4 Å². The van der Waals surface area contributed by atoms with Crippen molar-refractivity contribution in [1.82, 2.24) is 10.3 Å². The summed E-state index contributed by atoms with van der Waals surface area (Å²) in [6, 6.07) is 3.49. The number of carbonyl (C=O) groups excluding carboxylic acids is 1. The summed E-state index contributed by atoms with van der Waals surface area (Å²) in [7, 11) is 1.54. The van der Waals surface area contributed by atoms with E-state index in [0.29, 0.717) is 31.3 Å². The lowest BCUT2D eigenvalue weighted by Gasteiger charge is -2.25. The highest BCUT2D eigenvalue weighted by Crippen LogP contribution is 2.32. The van der Waals surface area contributed by atoms with Gasteiger partial charge in [-0.15, -0.1) is 6.42 Å². The fourth-order valence-corrected chi connectivity index (χ4v) is 2.64. The zero-order valence-corrected chi connectivity index (χ0v) is 15.5. The highest BCUT2D eigenvalue weighted by Gasteiger charge is 2.13. The van der Waals surface area contributed by atoms with Crippen LogP contribution in [0.4, 0.5) is 0 Å². The van der Waals surface area contributed by atoms with Crippen molar-refractivity contribution in [2.75, 3.05) is 46.6 Å². The Balaban J connectivity index is 1.95. The standard InChI is InChI=1S/C17H20BrN3O4/c1-3-6-25-16-10-14(18)13(9-15(16)23-2)11-19-20-17(22)12-21-4-7-24-8-5-21/h1,9-11H,4-8,12H2,2H3,(H,20,22)/b19-11+. The van der Waals surface area contributed by atoms with Crippen LogP contribution in [0.5, 0.6) is 11.5 Å². The van der Waals surface area contributed by atoms with Crippen LogP contribution in [0.15, 0.2) is 21.7 Å². The molecule has 1 aromatic carbocycles. The van der Waals surface area contributed by atoms with Gasteiger partial charge < -0.3 is 14.2 Å². The number of rotatable bonds is 7. The smallest absolute Gasteiger partial charge is 0.254 e. The zero-order valence-electron chi connectivity index (χ0n) is 14.0. The Morgan fingerprint density at radius 1 is 1.48 bits per heavy atom. The second kappa shape index (κ2) is 10.0. The fraction of sp³-hybridized carbons (Fsp3) is 0.412. The molecule has 8 heteroatoms. The fourth-order valence-electron chi connectivity index (χ4n) is 2.21. The molecule has 1 aromatic rings. The van der Waals surface area contributed by atoms with Crippen molar-refractivity contribution >= 4 is 28.1 Å². The van der Waals surface area contributed by atoms with Gasteiger partial charge >= 0.3 is 0 Å². The maximum absolute atomic E-state index is 11.9. The van der Waals surface area contributed by atoms with Crippen molar-refractivity contribution in [3.05, 3.63) is 22.2 Å². The van der Waals surface area contributed by atoms with E-state index in [1.807, 2.05) is 4.90 Å². The zero-order chi connectivity index (χ0) is 18.1. The van der Waals surface area contributed by atoms with E-state index >= 15 is 0 Å². The largest absolute Gasteiger partial charge is 0.493 e. The van der Waals surface area contributed by atoms with Gasteiger partial charge in [0.05, 0.1) is 33.1 Å². The Kier molecular flexibility index (Phi) is 7.73. The molecule has 0 atom stereocenters. The molecule has 0 unspecified atom stereocenters. The lowest BCUT2D eigenvalue weighted by atomic mass is 10.2. The second-order valence-corrected chi connectivity index (χ2v) is 6.05. The van der Waals surface area contributed by atoms with Crippen LogP contribution in [0, 0.1) is 12.3 Å². The molecule has 1 aliphatic rings. The minimum Gasteiger partial charge on any atom is -0.493 e. The normalized spacial score (nSPS) is 14.9. The van der Waals surface area contributed by atoms with Gasteiger partial charge in [-0.2, -0.15) is 5.10 Å². The predicted molar refractivity (Wildman–Crippen MR) is 98.0 cm³/mol. The summed E-state index contributed by atoms with van der Waals surface area (Å²) < 4.78 is 16.7. The van der Waals surface area contributed by atoms with Crippen molar-refractivity contribution in [3.63, 3.8) is 0 Å². The van der Waals surface area contributed by atoms with Gasteiger partial charge in [0.2, 0.25) is 0 Å². The minimum atomic E-state index is -0.171. The second-order valence-electron chi connectivity index (χ2n) is 5.20. The van der Waals surface area contributed by atoms with Gasteiger partial charge in [-0.25, -0.2) is 5.43 Å². The Hall–Kier alpha value is -2.08. The van der Waals surface area contributed by atoms with Gasteiger partial charge in [0.1, 0.15) is 6.61 Å². The highest BCUT2D eigenvalue weighted by molar-refractivity contribution is 9.10. The first-order chi connectivity index (χ1) is 12.1. The number of nitrogens with one attached hydrogen (secondary N) is 1. The molecule has 134 valence electrons. The van der Waals surface area contributed by atoms with E-state index in [1.54, 1.807) is 12.1 Å². The van der Waals surface area contributed by atoms with Crippen LogP contribution < -0.4 is 14.9 Å². The van der Waals surface area contributed by atoms with E-state index in [-0.39, 0.29) is 12.5 Å². The molecule has 0 bridgehead atoms. The van der Waals surface area contributed by atoms with Gasteiger partial charge in [0, 0.05) is 23.1 Å². The number of benzene rings is 1. The van der Waals surface area contributed by atoms with E-state index in [4.69, 9.17) is 20.6 Å². The Labute approximate surface area is 155 Å². The molecule has 0 radical (unpaired) electrons. The molecule has 7 nitrogen and oxygen atoms in total. The summed E-state index contributed by atoms with van der Waals surface area (Å²) in [6.45, 7) is 3.24. The average molecular weight is 410 g/mol. The molecule has 0 aliphatic carbocycles. The van der Waals surface area contributed by atoms with Crippen LogP contribution in [0.2, 0.25) is 0 Å². The summed E-state index contributed by atoms with van der Waals surface area (Å²) >= 11 is 3.44. The maximum Gasteiger partial charge on any atom is 0.254 e. The quantitative estimate of drug-likeness (QED) is 0.416. The minimum absolute atomic E-state index is 0.147. The first kappa shape index (κ1) is 19.2. The number of hydrazone groups is 1. The van der Waals surface area contributed by atoms with Crippen LogP contribution in [0.3, 0.4) is 0 Å².